The molecule has 0 spiro atoms. The first-order chi connectivity index (χ1) is 9.15. The van der Waals surface area contributed by atoms with Gasteiger partial charge in [-0.15, -0.1) is 0 Å². The number of hydrogen-bond donors (Lipinski definition) is 0. The third-order valence-electron chi connectivity index (χ3n) is 5.20. The van der Waals surface area contributed by atoms with Gasteiger partial charge in [0, 0.05) is 18.8 Å². The maximum absolute atomic E-state index is 11.7. The van der Waals surface area contributed by atoms with E-state index in [1.165, 1.54) is 49.7 Å². The van der Waals surface area contributed by atoms with Crippen LogP contribution in [0.4, 0.5) is 0 Å². The summed E-state index contributed by atoms with van der Waals surface area (Å²) in [5.74, 6) is 0.613. The summed E-state index contributed by atoms with van der Waals surface area (Å²) in [6.07, 6.45) is 9.23. The van der Waals surface area contributed by atoms with Gasteiger partial charge >= 0.3 is 5.97 Å². The maximum atomic E-state index is 11.7. The van der Waals surface area contributed by atoms with E-state index in [2.05, 4.69) is 14.0 Å². The normalized spacial score (nSPS) is 34.6. The van der Waals surface area contributed by atoms with Crippen LogP contribution in [0, 0.1) is 5.92 Å². The van der Waals surface area contributed by atoms with Gasteiger partial charge in [-0.2, -0.15) is 0 Å². The summed E-state index contributed by atoms with van der Waals surface area (Å²) in [5.41, 5.74) is 0. The summed E-state index contributed by atoms with van der Waals surface area (Å²) in [4.78, 5) is 11.7. The van der Waals surface area contributed by atoms with E-state index in [-0.39, 0.29) is 5.97 Å². The fourth-order valence-corrected chi connectivity index (χ4v) is 4.02. The molecular formula is C16H30NO2+. The highest BCUT2D eigenvalue weighted by atomic mass is 16.5. The van der Waals surface area contributed by atoms with E-state index in [0.717, 1.165) is 18.9 Å². The van der Waals surface area contributed by atoms with Crippen molar-refractivity contribution in [3.8, 4) is 0 Å². The molecule has 0 N–H and O–H groups in total. The lowest BCUT2D eigenvalue weighted by atomic mass is 9.82. The third kappa shape index (κ3) is 3.71. The average molecular weight is 268 g/mol. The van der Waals surface area contributed by atoms with Crippen LogP contribution in [0.1, 0.15) is 58.3 Å². The predicted molar refractivity (Wildman–Crippen MR) is 76.8 cm³/mol. The molecule has 0 aromatic rings. The van der Waals surface area contributed by atoms with Crippen LogP contribution < -0.4 is 0 Å². The number of piperidine rings is 2. The van der Waals surface area contributed by atoms with E-state index in [4.69, 9.17) is 4.74 Å². The molecular weight excluding hydrogens is 238 g/mol. The predicted octanol–water partition coefficient (Wildman–Crippen LogP) is 3.13. The standard InChI is InChI=1S/C16H30NO2/c1-3-4-10-16(18)19-13-14-8-7-12-17(2)11-6-5-9-15(14)17/h14-15H,3-13H2,1-2H3/q+1/t14-,15+,17+/m0/s1. The van der Waals surface area contributed by atoms with Crippen LogP contribution in [0.5, 0.6) is 0 Å². The Labute approximate surface area is 117 Å². The number of hydrogen-bond acceptors (Lipinski definition) is 2. The van der Waals surface area contributed by atoms with Gasteiger partial charge in [-0.05, 0) is 32.1 Å². The van der Waals surface area contributed by atoms with Gasteiger partial charge in [0.25, 0.3) is 0 Å². The first-order valence-corrected chi connectivity index (χ1v) is 8.15. The fourth-order valence-electron chi connectivity index (χ4n) is 4.02. The Balaban J connectivity index is 1.83. The van der Waals surface area contributed by atoms with E-state index in [0.29, 0.717) is 18.9 Å². The molecule has 2 aliphatic heterocycles. The van der Waals surface area contributed by atoms with Crippen molar-refractivity contribution in [2.75, 3.05) is 26.7 Å². The van der Waals surface area contributed by atoms with Crippen molar-refractivity contribution in [2.45, 2.75) is 64.3 Å². The Hall–Kier alpha value is -0.570. The van der Waals surface area contributed by atoms with Crippen molar-refractivity contribution in [3.63, 3.8) is 0 Å². The second-order valence-corrected chi connectivity index (χ2v) is 6.68. The highest BCUT2D eigenvalue weighted by molar-refractivity contribution is 5.69. The Morgan fingerprint density at radius 1 is 1.21 bits per heavy atom. The van der Waals surface area contributed by atoms with Crippen molar-refractivity contribution in [3.05, 3.63) is 0 Å². The molecule has 0 bridgehead atoms. The van der Waals surface area contributed by atoms with Gasteiger partial charge in [0.1, 0.15) is 0 Å². The van der Waals surface area contributed by atoms with Gasteiger partial charge in [-0.1, -0.05) is 13.3 Å². The summed E-state index contributed by atoms with van der Waals surface area (Å²) in [6.45, 7) is 5.43. The fraction of sp³-hybridized carbons (Fsp3) is 0.938. The van der Waals surface area contributed by atoms with Crippen LogP contribution >= 0.6 is 0 Å². The zero-order valence-corrected chi connectivity index (χ0v) is 12.7. The molecule has 0 amide bonds. The molecule has 3 nitrogen and oxygen atoms in total. The number of carbonyl (C=O) groups excluding carboxylic acids is 1. The van der Waals surface area contributed by atoms with Crippen LogP contribution in [0.3, 0.4) is 0 Å². The van der Waals surface area contributed by atoms with Gasteiger partial charge in [-0.3, -0.25) is 4.79 Å². The van der Waals surface area contributed by atoms with E-state index < -0.39 is 0 Å². The average Bonchev–Trinajstić information content (AvgIpc) is 2.41. The lowest BCUT2D eigenvalue weighted by Crippen LogP contribution is -2.61. The van der Waals surface area contributed by atoms with Crippen molar-refractivity contribution in [2.24, 2.45) is 5.92 Å². The first-order valence-electron chi connectivity index (χ1n) is 8.15. The Bertz CT molecular complexity index is 301. The topological polar surface area (TPSA) is 26.3 Å². The summed E-state index contributed by atoms with van der Waals surface area (Å²) in [6, 6.07) is 0.737. The minimum Gasteiger partial charge on any atom is -0.465 e. The molecule has 110 valence electrons. The molecule has 19 heavy (non-hydrogen) atoms. The number of ether oxygens (including phenoxy) is 1. The number of quaternary nitrogens is 1. The number of nitrogens with zero attached hydrogens (tertiary/aromatic N) is 1. The second-order valence-electron chi connectivity index (χ2n) is 6.68. The Morgan fingerprint density at radius 2 is 2.00 bits per heavy atom. The summed E-state index contributed by atoms with van der Waals surface area (Å²) < 4.78 is 6.76. The Kier molecular flexibility index (Phi) is 5.26. The van der Waals surface area contributed by atoms with Gasteiger partial charge in [0.2, 0.25) is 0 Å². The minimum absolute atomic E-state index is 0.0115. The van der Waals surface area contributed by atoms with Crippen LogP contribution in [-0.4, -0.2) is 43.2 Å². The molecule has 0 aromatic heterocycles. The lowest BCUT2D eigenvalue weighted by molar-refractivity contribution is -0.947. The number of fused-ring (bicyclic) bond motifs is 1. The number of unbranched alkanes of at least 4 members (excludes halogenated alkanes) is 1. The van der Waals surface area contributed by atoms with Crippen LogP contribution in [0.2, 0.25) is 0 Å². The summed E-state index contributed by atoms with van der Waals surface area (Å²) >= 11 is 0. The summed E-state index contributed by atoms with van der Waals surface area (Å²) in [5, 5.41) is 0. The minimum atomic E-state index is 0.0115. The molecule has 2 saturated heterocycles. The molecule has 0 unspecified atom stereocenters. The SMILES string of the molecule is CCCCC(=O)OC[C@@H]1CCC[N@@+]2(C)CCCC[C@H]12. The van der Waals surface area contributed by atoms with E-state index >= 15 is 0 Å². The van der Waals surface area contributed by atoms with Crippen molar-refractivity contribution >= 4 is 5.97 Å². The molecule has 3 atom stereocenters. The third-order valence-corrected chi connectivity index (χ3v) is 5.20. The molecule has 0 saturated carbocycles. The second kappa shape index (κ2) is 6.74. The van der Waals surface area contributed by atoms with Crippen LogP contribution in [-0.2, 0) is 9.53 Å². The van der Waals surface area contributed by atoms with E-state index in [1.54, 1.807) is 0 Å². The molecule has 0 aromatic carbocycles. The number of rotatable bonds is 5. The lowest BCUT2D eigenvalue weighted by Gasteiger charge is -2.51. The molecule has 2 aliphatic rings. The molecule has 0 radical (unpaired) electrons. The van der Waals surface area contributed by atoms with Crippen molar-refractivity contribution in [1.82, 2.24) is 0 Å². The highest BCUT2D eigenvalue weighted by Gasteiger charge is 2.43. The quantitative estimate of drug-likeness (QED) is 0.565. The Morgan fingerprint density at radius 3 is 2.79 bits per heavy atom. The zero-order chi connectivity index (χ0) is 13.7. The van der Waals surface area contributed by atoms with Gasteiger partial charge in [0.15, 0.2) is 0 Å². The van der Waals surface area contributed by atoms with E-state index in [9.17, 15) is 4.79 Å². The maximum Gasteiger partial charge on any atom is 0.305 e. The monoisotopic (exact) mass is 268 g/mol. The van der Waals surface area contributed by atoms with Crippen molar-refractivity contribution in [1.29, 1.82) is 0 Å². The molecule has 0 aliphatic carbocycles. The van der Waals surface area contributed by atoms with Crippen LogP contribution in [0.15, 0.2) is 0 Å². The largest absolute Gasteiger partial charge is 0.465 e. The molecule has 3 heteroatoms. The highest BCUT2D eigenvalue weighted by Crippen LogP contribution is 2.36. The smallest absolute Gasteiger partial charge is 0.305 e. The summed E-state index contributed by atoms with van der Waals surface area (Å²) in [7, 11) is 2.41. The van der Waals surface area contributed by atoms with Gasteiger partial charge < -0.3 is 9.22 Å². The molecule has 2 heterocycles. The van der Waals surface area contributed by atoms with Gasteiger partial charge in [0.05, 0.1) is 32.8 Å². The molecule has 2 fully saturated rings. The number of carbonyl (C=O) groups is 1. The van der Waals surface area contributed by atoms with Crippen molar-refractivity contribution < 1.29 is 14.0 Å². The van der Waals surface area contributed by atoms with Crippen LogP contribution in [0.25, 0.3) is 0 Å². The zero-order valence-electron chi connectivity index (χ0n) is 12.7. The number of esters is 1. The molecule has 2 rings (SSSR count). The first kappa shape index (κ1) is 14.8. The van der Waals surface area contributed by atoms with Gasteiger partial charge in [-0.25, -0.2) is 0 Å². The van der Waals surface area contributed by atoms with E-state index in [1.807, 2.05) is 0 Å².